The number of halogens is 1. The summed E-state index contributed by atoms with van der Waals surface area (Å²) >= 11 is 3.26. The average Bonchev–Trinajstić information content (AvgIpc) is 2.33. The van der Waals surface area contributed by atoms with Crippen LogP contribution in [0.25, 0.3) is 0 Å². The Morgan fingerprint density at radius 2 is 1.83 bits per heavy atom. The molecule has 0 saturated carbocycles. The summed E-state index contributed by atoms with van der Waals surface area (Å²) in [5.41, 5.74) is 6.20. The first kappa shape index (κ1) is 13.8. The molecule has 2 N–H and O–H groups in total. The van der Waals surface area contributed by atoms with Crippen LogP contribution in [0.3, 0.4) is 0 Å². The van der Waals surface area contributed by atoms with Gasteiger partial charge in [-0.15, -0.1) is 0 Å². The number of hydrogen-bond donors (Lipinski definition) is 1. The molecule has 0 spiro atoms. The lowest BCUT2D eigenvalue weighted by atomic mass is 10.3. The van der Waals surface area contributed by atoms with Crippen molar-refractivity contribution >= 4 is 31.6 Å². The second kappa shape index (κ2) is 5.16. The molecule has 0 atom stereocenters. The minimum atomic E-state index is -3.40. The summed E-state index contributed by atoms with van der Waals surface area (Å²) in [4.78, 5) is 2.40. The molecule has 5 nitrogen and oxygen atoms in total. The first-order valence-corrected chi connectivity index (χ1v) is 7.88. The zero-order valence-electron chi connectivity index (χ0n) is 10.1. The van der Waals surface area contributed by atoms with Gasteiger partial charge < -0.3 is 10.6 Å². The summed E-state index contributed by atoms with van der Waals surface area (Å²) in [5.74, 6) is 0. The van der Waals surface area contributed by atoms with E-state index in [9.17, 15) is 8.42 Å². The van der Waals surface area contributed by atoms with Crippen LogP contribution in [0.4, 0.5) is 5.69 Å². The van der Waals surface area contributed by atoms with E-state index in [-0.39, 0.29) is 4.90 Å². The van der Waals surface area contributed by atoms with Crippen LogP contribution < -0.4 is 5.73 Å². The highest BCUT2D eigenvalue weighted by Crippen LogP contribution is 2.25. The third kappa shape index (κ3) is 2.69. The number of nitrogen functional groups attached to an aromatic ring is 1. The van der Waals surface area contributed by atoms with Crippen molar-refractivity contribution in [1.82, 2.24) is 9.21 Å². The van der Waals surface area contributed by atoms with Gasteiger partial charge in [-0.05, 0) is 41.2 Å². The van der Waals surface area contributed by atoms with Crippen molar-refractivity contribution in [3.63, 3.8) is 0 Å². The maximum atomic E-state index is 12.4. The third-order valence-electron chi connectivity index (χ3n) is 3.07. The van der Waals surface area contributed by atoms with Crippen LogP contribution in [0.1, 0.15) is 0 Å². The first-order valence-electron chi connectivity index (χ1n) is 5.65. The van der Waals surface area contributed by atoms with Crippen molar-refractivity contribution in [3.8, 4) is 0 Å². The highest BCUT2D eigenvalue weighted by Gasteiger charge is 2.27. The Kier molecular flexibility index (Phi) is 3.96. The number of nitrogens with zero attached hydrogens (tertiary/aromatic N) is 2. The highest BCUT2D eigenvalue weighted by atomic mass is 79.9. The van der Waals surface area contributed by atoms with E-state index in [1.54, 1.807) is 18.2 Å². The number of hydrogen-bond acceptors (Lipinski definition) is 4. The molecule has 0 aliphatic carbocycles. The van der Waals surface area contributed by atoms with Crippen LogP contribution in [0, 0.1) is 0 Å². The summed E-state index contributed by atoms with van der Waals surface area (Å²) in [5, 5.41) is 0. The maximum absolute atomic E-state index is 12.4. The van der Waals surface area contributed by atoms with Crippen LogP contribution in [0.5, 0.6) is 0 Å². The average molecular weight is 334 g/mol. The molecule has 1 aliphatic rings. The fourth-order valence-electron chi connectivity index (χ4n) is 1.85. The Morgan fingerprint density at radius 1 is 1.22 bits per heavy atom. The Morgan fingerprint density at radius 3 is 2.39 bits per heavy atom. The number of likely N-dealkylation sites (N-methyl/N-ethyl adjacent to an activating group) is 1. The van der Waals surface area contributed by atoms with Crippen molar-refractivity contribution < 1.29 is 8.42 Å². The molecule has 0 unspecified atom stereocenters. The monoisotopic (exact) mass is 333 g/mol. The van der Waals surface area contributed by atoms with E-state index < -0.39 is 10.0 Å². The molecule has 2 rings (SSSR count). The summed E-state index contributed by atoms with van der Waals surface area (Å²) in [6.45, 7) is 2.58. The van der Waals surface area contributed by atoms with E-state index in [4.69, 9.17) is 5.73 Å². The van der Waals surface area contributed by atoms with Crippen molar-refractivity contribution in [2.75, 3.05) is 39.0 Å². The predicted molar refractivity (Wildman–Crippen MR) is 74.8 cm³/mol. The van der Waals surface area contributed by atoms with Gasteiger partial charge in [0.05, 0.1) is 4.90 Å². The fourth-order valence-corrected chi connectivity index (χ4v) is 3.83. The van der Waals surface area contributed by atoms with Crippen LogP contribution in [0.2, 0.25) is 0 Å². The second-order valence-electron chi connectivity index (χ2n) is 4.39. The van der Waals surface area contributed by atoms with Gasteiger partial charge in [0, 0.05) is 36.3 Å². The molecule has 100 valence electrons. The van der Waals surface area contributed by atoms with Crippen molar-refractivity contribution in [2.45, 2.75) is 4.90 Å². The molecule has 1 fully saturated rings. The summed E-state index contributed by atoms with van der Waals surface area (Å²) in [6, 6.07) is 4.71. The minimum Gasteiger partial charge on any atom is -0.398 e. The fraction of sp³-hybridized carbons (Fsp3) is 0.455. The Hall–Kier alpha value is -0.630. The van der Waals surface area contributed by atoms with E-state index in [0.29, 0.717) is 23.2 Å². The molecule has 0 aromatic heterocycles. The van der Waals surface area contributed by atoms with E-state index in [0.717, 1.165) is 13.1 Å². The maximum Gasteiger partial charge on any atom is 0.243 e. The number of sulfonamides is 1. The zero-order valence-corrected chi connectivity index (χ0v) is 12.5. The lowest BCUT2D eigenvalue weighted by Crippen LogP contribution is -2.47. The van der Waals surface area contributed by atoms with E-state index in [1.807, 2.05) is 7.05 Å². The number of nitrogens with two attached hydrogens (primary N) is 1. The van der Waals surface area contributed by atoms with E-state index in [1.165, 1.54) is 4.31 Å². The molecule has 1 aromatic rings. The molecule has 0 amide bonds. The van der Waals surface area contributed by atoms with Crippen LogP contribution in [0.15, 0.2) is 27.6 Å². The molecular weight excluding hydrogens is 318 g/mol. The molecule has 1 saturated heterocycles. The van der Waals surface area contributed by atoms with Crippen molar-refractivity contribution in [2.24, 2.45) is 0 Å². The zero-order chi connectivity index (χ0) is 13.3. The third-order valence-corrected chi connectivity index (χ3v) is 5.65. The largest absolute Gasteiger partial charge is 0.398 e. The first-order chi connectivity index (χ1) is 8.41. The Bertz CT molecular complexity index is 539. The van der Waals surface area contributed by atoms with Gasteiger partial charge >= 0.3 is 0 Å². The minimum absolute atomic E-state index is 0.285. The number of piperazine rings is 1. The molecule has 1 heterocycles. The van der Waals surface area contributed by atoms with Gasteiger partial charge in [0.15, 0.2) is 0 Å². The van der Waals surface area contributed by atoms with E-state index >= 15 is 0 Å². The normalized spacial score (nSPS) is 19.0. The van der Waals surface area contributed by atoms with Gasteiger partial charge in [0.2, 0.25) is 10.0 Å². The van der Waals surface area contributed by atoms with Crippen molar-refractivity contribution in [3.05, 3.63) is 22.7 Å². The lowest BCUT2D eigenvalue weighted by molar-refractivity contribution is 0.222. The molecule has 18 heavy (non-hydrogen) atoms. The Balaban J connectivity index is 2.27. The van der Waals surface area contributed by atoms with Gasteiger partial charge in [-0.2, -0.15) is 4.31 Å². The summed E-state index contributed by atoms with van der Waals surface area (Å²) < 4.78 is 26.9. The molecule has 0 radical (unpaired) electrons. The quantitative estimate of drug-likeness (QED) is 0.819. The standard InChI is InChI=1S/C11H16BrN3O2S/c1-14-4-6-15(7-5-14)18(16,17)9-2-3-11(13)10(12)8-9/h2-3,8H,4-7,13H2,1H3. The van der Waals surface area contributed by atoms with E-state index in [2.05, 4.69) is 20.8 Å². The van der Waals surface area contributed by atoms with Gasteiger partial charge in [-0.1, -0.05) is 0 Å². The smallest absolute Gasteiger partial charge is 0.243 e. The molecular formula is C11H16BrN3O2S. The number of rotatable bonds is 2. The SMILES string of the molecule is CN1CCN(S(=O)(=O)c2ccc(N)c(Br)c2)CC1. The van der Waals surface area contributed by atoms with Crippen LogP contribution in [-0.2, 0) is 10.0 Å². The number of anilines is 1. The second-order valence-corrected chi connectivity index (χ2v) is 7.18. The summed E-state index contributed by atoms with van der Waals surface area (Å²) in [6.07, 6.45) is 0. The van der Waals surface area contributed by atoms with Crippen molar-refractivity contribution in [1.29, 1.82) is 0 Å². The predicted octanol–water partition coefficient (Wildman–Crippen LogP) is 0.967. The number of benzene rings is 1. The van der Waals surface area contributed by atoms with Gasteiger partial charge in [-0.25, -0.2) is 8.42 Å². The Labute approximate surface area is 116 Å². The molecule has 1 aromatic carbocycles. The van der Waals surface area contributed by atoms with Gasteiger partial charge in [0.25, 0.3) is 0 Å². The lowest BCUT2D eigenvalue weighted by Gasteiger charge is -2.31. The molecule has 7 heteroatoms. The highest BCUT2D eigenvalue weighted by molar-refractivity contribution is 9.10. The van der Waals surface area contributed by atoms with Crippen LogP contribution >= 0.6 is 15.9 Å². The summed E-state index contributed by atoms with van der Waals surface area (Å²) in [7, 11) is -1.41. The van der Waals surface area contributed by atoms with Crippen LogP contribution in [-0.4, -0.2) is 50.8 Å². The molecule has 1 aliphatic heterocycles. The van der Waals surface area contributed by atoms with Gasteiger partial charge in [0.1, 0.15) is 0 Å². The molecule has 0 bridgehead atoms. The topological polar surface area (TPSA) is 66.6 Å². The van der Waals surface area contributed by atoms with Gasteiger partial charge in [-0.3, -0.25) is 0 Å².